The predicted octanol–water partition coefficient (Wildman–Crippen LogP) is 2.56. The number of hydrogen-bond donors (Lipinski definition) is 0. The first-order chi connectivity index (χ1) is 6.33. The van der Waals surface area contributed by atoms with Crippen LogP contribution in [0.2, 0.25) is 0 Å². The second-order valence-corrected chi connectivity index (χ2v) is 3.99. The molecule has 0 spiro atoms. The van der Waals surface area contributed by atoms with Crippen molar-refractivity contribution in [2.24, 2.45) is 5.92 Å². The normalized spacial score (nSPS) is 17.9. The van der Waals surface area contributed by atoms with Crippen molar-refractivity contribution in [3.8, 4) is 0 Å². The number of methoxy groups -OCH3 is 1. The average molecular weight is 184 g/mol. The van der Waals surface area contributed by atoms with E-state index in [-0.39, 0.29) is 0 Å². The number of ketones is 1. The van der Waals surface area contributed by atoms with E-state index in [4.69, 9.17) is 4.74 Å². The molecule has 13 heavy (non-hydrogen) atoms. The van der Waals surface area contributed by atoms with Crippen molar-refractivity contribution in [3.63, 3.8) is 0 Å². The van der Waals surface area contributed by atoms with E-state index in [0.717, 1.165) is 19.4 Å². The molecule has 1 aliphatic rings. The highest BCUT2D eigenvalue weighted by Crippen LogP contribution is 2.28. The molecule has 1 fully saturated rings. The molecule has 1 rings (SSSR count). The Hall–Kier alpha value is -0.370. The molecule has 0 amide bonds. The number of Topliss-reactive ketones (excluding diaryl/α,β-unsaturated/α-hetero) is 1. The quantitative estimate of drug-likeness (QED) is 0.593. The summed E-state index contributed by atoms with van der Waals surface area (Å²) in [5.74, 6) is 1.14. The molecule has 76 valence electrons. The summed E-state index contributed by atoms with van der Waals surface area (Å²) in [5.41, 5.74) is 0. The number of ether oxygens (including phenoxy) is 1. The second kappa shape index (κ2) is 6.14. The molecule has 0 aromatic heterocycles. The van der Waals surface area contributed by atoms with Crippen molar-refractivity contribution in [1.29, 1.82) is 0 Å². The fourth-order valence-corrected chi connectivity index (χ4v) is 2.05. The first kappa shape index (κ1) is 10.7. The molecule has 0 N–H and O–H groups in total. The number of carbonyl (C=O) groups excluding carboxylic acids is 1. The third-order valence-corrected chi connectivity index (χ3v) is 2.80. The van der Waals surface area contributed by atoms with E-state index in [1.807, 2.05) is 0 Å². The smallest absolute Gasteiger partial charge is 0.133 e. The Morgan fingerprint density at radius 3 is 2.69 bits per heavy atom. The van der Waals surface area contributed by atoms with Gasteiger partial charge in [0.05, 0.1) is 0 Å². The van der Waals surface area contributed by atoms with Crippen LogP contribution in [0.15, 0.2) is 0 Å². The van der Waals surface area contributed by atoms with Crippen molar-refractivity contribution in [2.45, 2.75) is 44.9 Å². The number of hydrogen-bond acceptors (Lipinski definition) is 2. The minimum Gasteiger partial charge on any atom is -0.385 e. The Bertz CT molecular complexity index is 148. The van der Waals surface area contributed by atoms with E-state index in [9.17, 15) is 4.79 Å². The summed E-state index contributed by atoms with van der Waals surface area (Å²) in [4.78, 5) is 11.4. The molecule has 0 atom stereocenters. The molecular formula is C11H20O2. The van der Waals surface area contributed by atoms with Gasteiger partial charge in [0.15, 0.2) is 0 Å². The van der Waals surface area contributed by atoms with Gasteiger partial charge in [-0.1, -0.05) is 25.7 Å². The Kier molecular flexibility index (Phi) is 5.06. The first-order valence-electron chi connectivity index (χ1n) is 5.33. The molecule has 1 saturated carbocycles. The van der Waals surface area contributed by atoms with Gasteiger partial charge in [0, 0.05) is 26.6 Å². The van der Waals surface area contributed by atoms with Gasteiger partial charge < -0.3 is 4.74 Å². The number of rotatable bonds is 6. The second-order valence-electron chi connectivity index (χ2n) is 3.99. The van der Waals surface area contributed by atoms with Crippen molar-refractivity contribution in [2.75, 3.05) is 13.7 Å². The lowest BCUT2D eigenvalue weighted by Crippen LogP contribution is -2.06. The van der Waals surface area contributed by atoms with E-state index in [1.165, 1.54) is 25.7 Å². The van der Waals surface area contributed by atoms with Crippen LogP contribution in [0.25, 0.3) is 0 Å². The fourth-order valence-electron chi connectivity index (χ4n) is 2.05. The lowest BCUT2D eigenvalue weighted by Gasteiger charge is -2.06. The molecular weight excluding hydrogens is 164 g/mol. The SMILES string of the molecule is COCCCC(=O)CC1CCCC1. The maximum atomic E-state index is 11.4. The Labute approximate surface area is 80.7 Å². The third-order valence-electron chi connectivity index (χ3n) is 2.80. The minimum atomic E-state index is 0.434. The first-order valence-corrected chi connectivity index (χ1v) is 5.33. The maximum Gasteiger partial charge on any atom is 0.133 e. The van der Waals surface area contributed by atoms with Gasteiger partial charge in [-0.15, -0.1) is 0 Å². The molecule has 0 unspecified atom stereocenters. The van der Waals surface area contributed by atoms with E-state index in [0.29, 0.717) is 18.1 Å². The van der Waals surface area contributed by atoms with Crippen LogP contribution in [-0.2, 0) is 9.53 Å². The van der Waals surface area contributed by atoms with Crippen LogP contribution in [0.1, 0.15) is 44.9 Å². The maximum absolute atomic E-state index is 11.4. The van der Waals surface area contributed by atoms with Gasteiger partial charge in [-0.05, 0) is 12.3 Å². The molecule has 0 bridgehead atoms. The molecule has 0 saturated heterocycles. The average Bonchev–Trinajstić information content (AvgIpc) is 2.57. The molecule has 0 aromatic carbocycles. The predicted molar refractivity (Wildman–Crippen MR) is 52.7 cm³/mol. The van der Waals surface area contributed by atoms with Crippen molar-refractivity contribution in [3.05, 3.63) is 0 Å². The molecule has 0 heterocycles. The highest BCUT2D eigenvalue weighted by atomic mass is 16.5. The summed E-state index contributed by atoms with van der Waals surface area (Å²) < 4.78 is 4.91. The zero-order valence-corrected chi connectivity index (χ0v) is 8.55. The summed E-state index contributed by atoms with van der Waals surface area (Å²) in [6, 6.07) is 0. The van der Waals surface area contributed by atoms with Crippen LogP contribution in [0.5, 0.6) is 0 Å². The largest absolute Gasteiger partial charge is 0.385 e. The summed E-state index contributed by atoms with van der Waals surface area (Å²) in [6.45, 7) is 0.719. The van der Waals surface area contributed by atoms with E-state index < -0.39 is 0 Å². The van der Waals surface area contributed by atoms with Gasteiger partial charge >= 0.3 is 0 Å². The molecule has 0 aromatic rings. The van der Waals surface area contributed by atoms with Crippen molar-refractivity contribution in [1.82, 2.24) is 0 Å². The van der Waals surface area contributed by atoms with Crippen LogP contribution in [-0.4, -0.2) is 19.5 Å². The number of carbonyl (C=O) groups is 1. The monoisotopic (exact) mass is 184 g/mol. The lowest BCUT2D eigenvalue weighted by atomic mass is 9.99. The van der Waals surface area contributed by atoms with E-state index in [1.54, 1.807) is 7.11 Å². The van der Waals surface area contributed by atoms with Gasteiger partial charge in [-0.25, -0.2) is 0 Å². The zero-order chi connectivity index (χ0) is 9.52. The summed E-state index contributed by atoms with van der Waals surface area (Å²) in [7, 11) is 1.68. The Morgan fingerprint density at radius 2 is 2.08 bits per heavy atom. The summed E-state index contributed by atoms with van der Waals surface area (Å²) in [5, 5.41) is 0. The molecule has 0 aliphatic heterocycles. The van der Waals surface area contributed by atoms with Gasteiger partial charge in [0.25, 0.3) is 0 Å². The van der Waals surface area contributed by atoms with Gasteiger partial charge in [0.1, 0.15) is 5.78 Å². The van der Waals surface area contributed by atoms with Gasteiger partial charge in [-0.3, -0.25) is 4.79 Å². The van der Waals surface area contributed by atoms with Crippen LogP contribution in [0.4, 0.5) is 0 Å². The molecule has 2 heteroatoms. The Morgan fingerprint density at radius 1 is 1.38 bits per heavy atom. The van der Waals surface area contributed by atoms with Crippen LogP contribution in [0.3, 0.4) is 0 Å². The molecule has 2 nitrogen and oxygen atoms in total. The standard InChI is InChI=1S/C11H20O2/c1-13-8-4-7-11(12)9-10-5-2-3-6-10/h10H,2-9H2,1H3. The topological polar surface area (TPSA) is 26.3 Å². The third kappa shape index (κ3) is 4.41. The van der Waals surface area contributed by atoms with Gasteiger partial charge in [0.2, 0.25) is 0 Å². The highest BCUT2D eigenvalue weighted by Gasteiger charge is 2.17. The summed E-state index contributed by atoms with van der Waals surface area (Å²) >= 11 is 0. The molecule has 1 aliphatic carbocycles. The van der Waals surface area contributed by atoms with Crippen LogP contribution in [0, 0.1) is 5.92 Å². The van der Waals surface area contributed by atoms with Crippen LogP contribution >= 0.6 is 0 Å². The van der Waals surface area contributed by atoms with Crippen LogP contribution < -0.4 is 0 Å². The van der Waals surface area contributed by atoms with E-state index >= 15 is 0 Å². The lowest BCUT2D eigenvalue weighted by molar-refractivity contribution is -0.120. The minimum absolute atomic E-state index is 0.434. The van der Waals surface area contributed by atoms with E-state index in [2.05, 4.69) is 0 Å². The van der Waals surface area contributed by atoms with Crippen molar-refractivity contribution >= 4 is 5.78 Å². The van der Waals surface area contributed by atoms with Gasteiger partial charge in [-0.2, -0.15) is 0 Å². The highest BCUT2D eigenvalue weighted by molar-refractivity contribution is 5.78. The zero-order valence-electron chi connectivity index (χ0n) is 8.55. The molecule has 0 radical (unpaired) electrons. The Balaban J connectivity index is 2.02. The van der Waals surface area contributed by atoms with Crippen molar-refractivity contribution < 1.29 is 9.53 Å². The summed E-state index contributed by atoms with van der Waals surface area (Å²) in [6.07, 6.45) is 7.63. The fraction of sp³-hybridized carbons (Fsp3) is 0.909.